The van der Waals surface area contributed by atoms with Gasteiger partial charge in [-0.25, -0.2) is 9.67 Å². The number of amides is 1. The third-order valence-corrected chi connectivity index (χ3v) is 4.63. The normalized spacial score (nSPS) is 18.7. The quantitative estimate of drug-likeness (QED) is 0.837. The summed E-state index contributed by atoms with van der Waals surface area (Å²) < 4.78 is 1.19. The van der Waals surface area contributed by atoms with Crippen LogP contribution >= 0.6 is 11.3 Å². The molecule has 0 aliphatic carbocycles. The van der Waals surface area contributed by atoms with Crippen molar-refractivity contribution in [3.63, 3.8) is 0 Å². The molecular weight excluding hydrogens is 288 g/mol. The van der Waals surface area contributed by atoms with Crippen LogP contribution in [0.25, 0.3) is 0 Å². The van der Waals surface area contributed by atoms with Crippen molar-refractivity contribution in [2.45, 2.75) is 18.8 Å². The second kappa shape index (κ2) is 5.77. The second-order valence-corrected chi connectivity index (χ2v) is 6.07. The van der Waals surface area contributed by atoms with E-state index in [1.54, 1.807) is 24.6 Å². The van der Waals surface area contributed by atoms with Gasteiger partial charge in [0.15, 0.2) is 0 Å². The Kier molecular flexibility index (Phi) is 3.83. The van der Waals surface area contributed by atoms with Gasteiger partial charge in [0.1, 0.15) is 5.69 Å². The molecule has 6 nitrogen and oxygen atoms in total. The molecule has 3 rings (SSSR count). The van der Waals surface area contributed by atoms with Gasteiger partial charge < -0.3 is 4.90 Å². The van der Waals surface area contributed by atoms with Gasteiger partial charge in [-0.3, -0.25) is 9.59 Å². The highest BCUT2D eigenvalue weighted by molar-refractivity contribution is 7.09. The minimum Gasteiger partial charge on any atom is -0.337 e. The van der Waals surface area contributed by atoms with Crippen molar-refractivity contribution in [2.75, 3.05) is 13.1 Å². The van der Waals surface area contributed by atoms with E-state index in [1.165, 1.54) is 16.8 Å². The van der Waals surface area contributed by atoms with Gasteiger partial charge in [-0.1, -0.05) is 0 Å². The Morgan fingerprint density at radius 1 is 1.43 bits per heavy atom. The van der Waals surface area contributed by atoms with Crippen molar-refractivity contribution < 1.29 is 4.79 Å². The molecule has 1 aliphatic heterocycles. The predicted octanol–water partition coefficient (Wildman–Crippen LogP) is 1.26. The number of carbonyl (C=O) groups excluding carboxylic acids is 1. The summed E-state index contributed by atoms with van der Waals surface area (Å²) in [6.07, 6.45) is 3.81. The molecule has 0 aromatic carbocycles. The van der Waals surface area contributed by atoms with Crippen LogP contribution in [0.5, 0.6) is 0 Å². The number of hydrogen-bond acceptors (Lipinski definition) is 5. The Balaban J connectivity index is 1.78. The molecule has 7 heteroatoms. The zero-order chi connectivity index (χ0) is 14.8. The van der Waals surface area contributed by atoms with Gasteiger partial charge in [-0.2, -0.15) is 5.10 Å². The van der Waals surface area contributed by atoms with Crippen LogP contribution in [0.2, 0.25) is 0 Å². The smallest absolute Gasteiger partial charge is 0.274 e. The van der Waals surface area contributed by atoms with Gasteiger partial charge in [0.25, 0.3) is 11.5 Å². The maximum absolute atomic E-state index is 12.5. The molecule has 3 heterocycles. The van der Waals surface area contributed by atoms with Gasteiger partial charge in [0, 0.05) is 43.7 Å². The van der Waals surface area contributed by atoms with E-state index in [1.807, 2.05) is 10.3 Å². The highest BCUT2D eigenvalue weighted by Crippen LogP contribution is 2.28. The van der Waals surface area contributed by atoms with Crippen LogP contribution in [0.15, 0.2) is 28.5 Å². The number of aromatic nitrogens is 3. The average molecular weight is 304 g/mol. The van der Waals surface area contributed by atoms with Gasteiger partial charge in [-0.05, 0) is 18.9 Å². The highest BCUT2D eigenvalue weighted by Gasteiger charge is 2.27. The van der Waals surface area contributed by atoms with Crippen LogP contribution in [0.3, 0.4) is 0 Å². The maximum Gasteiger partial charge on any atom is 0.274 e. The third kappa shape index (κ3) is 2.87. The van der Waals surface area contributed by atoms with E-state index in [9.17, 15) is 9.59 Å². The van der Waals surface area contributed by atoms with Crippen LogP contribution in [0.4, 0.5) is 0 Å². The van der Waals surface area contributed by atoms with Crippen LogP contribution in [0.1, 0.15) is 34.3 Å². The largest absolute Gasteiger partial charge is 0.337 e. The van der Waals surface area contributed by atoms with Crippen molar-refractivity contribution in [1.82, 2.24) is 19.7 Å². The molecule has 110 valence electrons. The number of piperidine rings is 1. The summed E-state index contributed by atoms with van der Waals surface area (Å²) >= 11 is 1.63. The molecule has 1 atom stereocenters. The van der Waals surface area contributed by atoms with Gasteiger partial charge >= 0.3 is 0 Å². The Hall–Kier alpha value is -2.02. The van der Waals surface area contributed by atoms with Crippen LogP contribution in [-0.2, 0) is 7.05 Å². The molecule has 1 fully saturated rings. The lowest BCUT2D eigenvalue weighted by molar-refractivity contribution is 0.0698. The molecule has 0 unspecified atom stereocenters. The lowest BCUT2D eigenvalue weighted by atomic mass is 9.98. The first-order valence-corrected chi connectivity index (χ1v) is 7.76. The first kappa shape index (κ1) is 13.9. The Morgan fingerprint density at radius 3 is 3.00 bits per heavy atom. The zero-order valence-electron chi connectivity index (χ0n) is 11.7. The summed E-state index contributed by atoms with van der Waals surface area (Å²) in [6, 6.07) is 2.88. The lowest BCUT2D eigenvalue weighted by Gasteiger charge is -2.31. The minimum absolute atomic E-state index is 0.119. The maximum atomic E-state index is 12.5. The standard InChI is InChI=1S/C14H16N4O2S/c1-17-12(19)5-4-11(16-17)14(20)18-7-2-3-10(9-18)13-15-6-8-21-13/h4-6,8,10H,2-3,7,9H2,1H3/t10-/m0/s1. The van der Waals surface area contributed by atoms with E-state index in [4.69, 9.17) is 0 Å². The number of rotatable bonds is 2. The van der Waals surface area contributed by atoms with Gasteiger partial charge in [0.05, 0.1) is 5.01 Å². The first-order valence-electron chi connectivity index (χ1n) is 6.88. The fraction of sp³-hybridized carbons (Fsp3) is 0.429. The molecule has 1 saturated heterocycles. The summed E-state index contributed by atoms with van der Waals surface area (Å²) in [6.45, 7) is 1.39. The lowest BCUT2D eigenvalue weighted by Crippen LogP contribution is -2.40. The van der Waals surface area contributed by atoms with E-state index in [0.717, 1.165) is 24.4 Å². The third-order valence-electron chi connectivity index (χ3n) is 3.69. The van der Waals surface area contributed by atoms with E-state index in [0.29, 0.717) is 18.2 Å². The number of carbonyl (C=O) groups is 1. The van der Waals surface area contributed by atoms with Crippen molar-refractivity contribution in [1.29, 1.82) is 0 Å². The molecular formula is C14H16N4O2S. The molecule has 1 amide bonds. The number of thiazole rings is 1. The minimum atomic E-state index is -0.217. The van der Waals surface area contributed by atoms with E-state index < -0.39 is 0 Å². The molecule has 2 aromatic heterocycles. The molecule has 1 aliphatic rings. The molecule has 0 radical (unpaired) electrons. The monoisotopic (exact) mass is 304 g/mol. The fourth-order valence-electron chi connectivity index (χ4n) is 2.58. The second-order valence-electron chi connectivity index (χ2n) is 5.14. The summed E-state index contributed by atoms with van der Waals surface area (Å²) in [4.78, 5) is 30.0. The average Bonchev–Trinajstić information content (AvgIpc) is 3.04. The Bertz CT molecular complexity index is 695. The van der Waals surface area contributed by atoms with Crippen LogP contribution in [-0.4, -0.2) is 38.7 Å². The first-order chi connectivity index (χ1) is 10.1. The van der Waals surface area contributed by atoms with Gasteiger partial charge in [0.2, 0.25) is 0 Å². The molecule has 0 saturated carbocycles. The van der Waals surface area contributed by atoms with Crippen molar-refractivity contribution in [3.8, 4) is 0 Å². The molecule has 21 heavy (non-hydrogen) atoms. The summed E-state index contributed by atoms with van der Waals surface area (Å²) in [5.41, 5.74) is 0.0998. The predicted molar refractivity (Wildman–Crippen MR) is 79.5 cm³/mol. The number of aryl methyl sites for hydroxylation is 1. The van der Waals surface area contributed by atoms with E-state index in [-0.39, 0.29) is 11.5 Å². The molecule has 0 spiro atoms. The van der Waals surface area contributed by atoms with Crippen LogP contribution < -0.4 is 5.56 Å². The van der Waals surface area contributed by atoms with Gasteiger partial charge in [-0.15, -0.1) is 11.3 Å². The Labute approximate surface area is 126 Å². The molecule has 0 bridgehead atoms. The van der Waals surface area contributed by atoms with Crippen LogP contribution in [0, 0.1) is 0 Å². The fourth-order valence-corrected chi connectivity index (χ4v) is 3.35. The SMILES string of the molecule is Cn1nc(C(=O)N2CCC[C@H](c3nccs3)C2)ccc1=O. The summed E-state index contributed by atoms with van der Waals surface area (Å²) in [7, 11) is 1.55. The topological polar surface area (TPSA) is 68.1 Å². The molecule has 0 N–H and O–H groups in total. The number of hydrogen-bond donors (Lipinski definition) is 0. The number of likely N-dealkylation sites (tertiary alicyclic amines) is 1. The van der Waals surface area contributed by atoms with Crippen molar-refractivity contribution in [2.24, 2.45) is 7.05 Å². The van der Waals surface area contributed by atoms with Crippen molar-refractivity contribution in [3.05, 3.63) is 44.8 Å². The Morgan fingerprint density at radius 2 is 2.29 bits per heavy atom. The van der Waals surface area contributed by atoms with E-state index >= 15 is 0 Å². The number of nitrogens with zero attached hydrogens (tertiary/aromatic N) is 4. The summed E-state index contributed by atoms with van der Waals surface area (Å²) in [5.74, 6) is 0.182. The molecule has 2 aromatic rings. The van der Waals surface area contributed by atoms with Crippen molar-refractivity contribution >= 4 is 17.2 Å². The zero-order valence-corrected chi connectivity index (χ0v) is 12.5. The highest BCUT2D eigenvalue weighted by atomic mass is 32.1. The van der Waals surface area contributed by atoms with E-state index in [2.05, 4.69) is 10.1 Å². The summed E-state index contributed by atoms with van der Waals surface area (Å²) in [5, 5.41) is 7.08.